The normalized spacial score (nSPS) is 12.3. The van der Waals surface area contributed by atoms with Gasteiger partial charge in [0.1, 0.15) is 0 Å². The van der Waals surface area contributed by atoms with Gasteiger partial charge in [0.15, 0.2) is 0 Å². The van der Waals surface area contributed by atoms with Crippen LogP contribution in [-0.4, -0.2) is 51.8 Å². The third kappa shape index (κ3) is 9.50. The van der Waals surface area contributed by atoms with Gasteiger partial charge in [0.2, 0.25) is 10.0 Å². The molecule has 12 heavy (non-hydrogen) atoms. The number of hydrogen-bond acceptors (Lipinski definition) is 2. The minimum atomic E-state index is -3.20. The minimum absolute atomic E-state index is 0. The van der Waals surface area contributed by atoms with E-state index in [0.29, 0.717) is 0 Å². The van der Waals surface area contributed by atoms with Gasteiger partial charge in [-0.2, -0.15) is 0 Å². The van der Waals surface area contributed by atoms with Crippen LogP contribution >= 0.6 is 11.8 Å². The molecular weight excluding hydrogens is 225 g/mol. The summed E-state index contributed by atoms with van der Waals surface area (Å²) in [6, 6.07) is 0.745. The molecule has 0 saturated heterocycles. The van der Waals surface area contributed by atoms with Crippen molar-refractivity contribution in [3.05, 3.63) is 0 Å². The second kappa shape index (κ2) is 6.01. The van der Waals surface area contributed by atoms with Crippen LogP contribution in [-0.2, 0) is 10.0 Å². The molecule has 0 unspecified atom stereocenters. The van der Waals surface area contributed by atoms with Crippen molar-refractivity contribution in [3.8, 4) is 0 Å². The van der Waals surface area contributed by atoms with Crippen LogP contribution in [0.2, 0.25) is 25.7 Å². The van der Waals surface area contributed by atoms with Crippen LogP contribution in [0.3, 0.4) is 0 Å². The summed E-state index contributed by atoms with van der Waals surface area (Å²) in [5.74, 6) is 0.145. The fourth-order valence-electron chi connectivity index (χ4n) is 0.479. The molecule has 0 bridgehead atoms. The molecule has 1 radical (unpaired) electrons. The Morgan fingerprint density at radius 3 is 2.00 bits per heavy atom. The Kier molecular flexibility index (Phi) is 7.94. The maximum absolute atomic E-state index is 10.8. The quantitative estimate of drug-likeness (QED) is 0.587. The van der Waals surface area contributed by atoms with Crippen molar-refractivity contribution in [1.29, 1.82) is 0 Å². The summed E-state index contributed by atoms with van der Waals surface area (Å²) in [6.07, 6.45) is 0. The summed E-state index contributed by atoms with van der Waals surface area (Å²) in [7, 11) is -4.46. The number of halogens is 1. The van der Waals surface area contributed by atoms with Crippen LogP contribution in [0.1, 0.15) is 0 Å². The molecule has 0 aliphatic heterocycles. The molecule has 0 aliphatic carbocycles. The third-order valence-corrected chi connectivity index (χ3v) is 5.03. The standard InChI is InChI=1S/C5H14ClNO2SSi.Na/c1-11(2,3)5-4-10(8,9)7-6;/h7H,4-5H2,1-3H3;. The van der Waals surface area contributed by atoms with E-state index in [9.17, 15) is 8.42 Å². The van der Waals surface area contributed by atoms with Gasteiger partial charge in [0.25, 0.3) is 0 Å². The Labute approximate surface area is 103 Å². The van der Waals surface area contributed by atoms with Crippen molar-refractivity contribution in [3.63, 3.8) is 0 Å². The molecule has 0 amide bonds. The topological polar surface area (TPSA) is 46.2 Å². The van der Waals surface area contributed by atoms with Gasteiger partial charge in [0.05, 0.1) is 5.75 Å². The molecule has 3 nitrogen and oxygen atoms in total. The monoisotopic (exact) mass is 238 g/mol. The van der Waals surface area contributed by atoms with E-state index in [-0.39, 0.29) is 35.3 Å². The molecule has 0 aliphatic rings. The van der Waals surface area contributed by atoms with Gasteiger partial charge in [-0.3, -0.25) is 0 Å². The Bertz CT molecular complexity index is 214. The van der Waals surface area contributed by atoms with Gasteiger partial charge in [-0.25, -0.2) is 8.42 Å². The molecule has 7 heteroatoms. The zero-order valence-electron chi connectivity index (χ0n) is 8.02. The molecule has 0 fully saturated rings. The summed E-state index contributed by atoms with van der Waals surface area (Å²) in [4.78, 5) is 0. The zero-order chi connectivity index (χ0) is 9.12. The van der Waals surface area contributed by atoms with Crippen molar-refractivity contribution in [1.82, 2.24) is 4.24 Å². The zero-order valence-corrected chi connectivity index (χ0v) is 12.6. The van der Waals surface area contributed by atoms with Gasteiger partial charge < -0.3 is 0 Å². The largest absolute Gasteiger partial charge is 0.224 e. The predicted octanol–water partition coefficient (Wildman–Crippen LogP) is 1.02. The number of rotatable bonds is 4. The van der Waals surface area contributed by atoms with E-state index in [1.807, 2.05) is 0 Å². The maximum atomic E-state index is 10.8. The number of nitrogens with one attached hydrogen (secondary N) is 1. The minimum Gasteiger partial charge on any atom is -0.211 e. The maximum Gasteiger partial charge on any atom is 0.224 e. The number of hydrogen-bond donors (Lipinski definition) is 1. The van der Waals surface area contributed by atoms with Crippen molar-refractivity contribution < 1.29 is 8.42 Å². The Morgan fingerprint density at radius 1 is 1.33 bits per heavy atom. The van der Waals surface area contributed by atoms with Gasteiger partial charge >= 0.3 is 0 Å². The van der Waals surface area contributed by atoms with Gasteiger partial charge in [-0.15, -0.1) is 4.24 Å². The van der Waals surface area contributed by atoms with Crippen molar-refractivity contribution in [2.24, 2.45) is 0 Å². The van der Waals surface area contributed by atoms with E-state index >= 15 is 0 Å². The molecule has 0 aromatic rings. The fraction of sp³-hybridized carbons (Fsp3) is 1.00. The van der Waals surface area contributed by atoms with E-state index in [2.05, 4.69) is 19.6 Å². The second-order valence-electron chi connectivity index (χ2n) is 3.71. The predicted molar refractivity (Wildman–Crippen MR) is 56.7 cm³/mol. The van der Waals surface area contributed by atoms with Gasteiger partial charge in [0, 0.05) is 37.6 Å². The SMILES string of the molecule is C[Si](C)(C)CCS(=O)(=O)NCl.[Na]. The summed E-state index contributed by atoms with van der Waals surface area (Å²) in [6.45, 7) is 6.37. The second-order valence-corrected chi connectivity index (χ2v) is 11.6. The van der Waals surface area contributed by atoms with Crippen LogP contribution in [0, 0.1) is 0 Å². The molecule has 0 heterocycles. The van der Waals surface area contributed by atoms with Crippen LogP contribution in [0.25, 0.3) is 0 Å². The summed E-state index contributed by atoms with van der Waals surface area (Å²) in [5.41, 5.74) is 0. The smallest absolute Gasteiger partial charge is 0.211 e. The average molecular weight is 239 g/mol. The molecule has 69 valence electrons. The van der Waals surface area contributed by atoms with Gasteiger partial charge in [-0.1, -0.05) is 19.6 Å². The molecule has 0 atom stereocenters. The Morgan fingerprint density at radius 2 is 1.75 bits per heavy atom. The molecular formula is C5H14ClNNaO2SSi. The van der Waals surface area contributed by atoms with Gasteiger partial charge in [-0.05, 0) is 17.8 Å². The molecule has 0 saturated carbocycles. The van der Waals surface area contributed by atoms with Crippen LogP contribution in [0.15, 0.2) is 0 Å². The van der Waals surface area contributed by atoms with Crippen molar-refractivity contribution in [2.45, 2.75) is 25.7 Å². The van der Waals surface area contributed by atoms with Crippen molar-refractivity contribution in [2.75, 3.05) is 5.75 Å². The molecule has 1 N–H and O–H groups in total. The molecule has 0 aromatic heterocycles. The summed E-state index contributed by atoms with van der Waals surface area (Å²) < 4.78 is 23.4. The van der Waals surface area contributed by atoms with Crippen LogP contribution < -0.4 is 4.24 Å². The van der Waals surface area contributed by atoms with Crippen LogP contribution in [0.4, 0.5) is 0 Å². The van der Waals surface area contributed by atoms with E-state index < -0.39 is 18.1 Å². The molecule has 0 rings (SSSR count). The van der Waals surface area contributed by atoms with E-state index in [0.717, 1.165) is 6.04 Å². The fourth-order valence-corrected chi connectivity index (χ4v) is 4.31. The van der Waals surface area contributed by atoms with E-state index in [4.69, 9.17) is 11.8 Å². The van der Waals surface area contributed by atoms with E-state index in [1.54, 1.807) is 4.24 Å². The Hall–Kier alpha value is 1.42. The molecule has 0 aromatic carbocycles. The first kappa shape index (κ1) is 15.9. The molecule has 0 spiro atoms. The van der Waals surface area contributed by atoms with Crippen molar-refractivity contribution >= 4 is 59.4 Å². The average Bonchev–Trinajstić information content (AvgIpc) is 1.83. The summed E-state index contributed by atoms with van der Waals surface area (Å²) in [5, 5.41) is 0. The van der Waals surface area contributed by atoms with E-state index in [1.165, 1.54) is 0 Å². The first-order valence-corrected chi connectivity index (χ1v) is 9.11. The van der Waals surface area contributed by atoms with Crippen LogP contribution in [0.5, 0.6) is 0 Å². The third-order valence-electron chi connectivity index (χ3n) is 1.24. The Balaban J connectivity index is 0. The number of sulfonamides is 1. The first-order valence-electron chi connectivity index (χ1n) is 3.37. The first-order chi connectivity index (χ1) is 4.77. The summed E-state index contributed by atoms with van der Waals surface area (Å²) >= 11 is 5.00.